The zero-order valence-electron chi connectivity index (χ0n) is 24.0. The van der Waals surface area contributed by atoms with Gasteiger partial charge in [-0.15, -0.1) is 0 Å². The molecule has 0 saturated heterocycles. The first-order chi connectivity index (χ1) is 21.1. The molecule has 0 bridgehead atoms. The van der Waals surface area contributed by atoms with E-state index in [4.69, 9.17) is 0 Å². The first kappa shape index (κ1) is 29.8. The van der Waals surface area contributed by atoms with Crippen LogP contribution >= 0.6 is 31.9 Å². The summed E-state index contributed by atoms with van der Waals surface area (Å²) in [5.41, 5.74) is 9.13. The fourth-order valence-electron chi connectivity index (χ4n) is 6.35. The van der Waals surface area contributed by atoms with Crippen LogP contribution in [-0.4, -0.2) is 19.8 Å². The molecule has 0 N–H and O–H groups in total. The molecule has 2 heterocycles. The molecule has 43 heavy (non-hydrogen) atoms. The molecule has 0 atom stereocenters. The maximum absolute atomic E-state index is 14.1. The van der Waals surface area contributed by atoms with Crippen LogP contribution in [0.2, 0.25) is 0 Å². The van der Waals surface area contributed by atoms with E-state index in [0.29, 0.717) is 6.42 Å². The van der Waals surface area contributed by atoms with Crippen LogP contribution in [0.1, 0.15) is 36.8 Å². The standard InChI is InChI=1S/C37H34Br2F2N2/c38-21-5-7-23-42-34-11-3-1-9-30(34)32(36(42)26-13-17-28(40)18-14-26)25-33-31-10-2-4-12-35(31)43(24-8-6-22-39)37(33)27-15-19-29(41)20-16-27/h1-4,9-20H,5-8,21-25H2. The van der Waals surface area contributed by atoms with E-state index in [-0.39, 0.29) is 11.6 Å². The van der Waals surface area contributed by atoms with E-state index in [1.54, 1.807) is 24.3 Å². The van der Waals surface area contributed by atoms with Crippen molar-refractivity contribution < 1.29 is 8.78 Å². The van der Waals surface area contributed by atoms with E-state index in [2.05, 4.69) is 89.5 Å². The van der Waals surface area contributed by atoms with E-state index in [0.717, 1.165) is 71.9 Å². The summed E-state index contributed by atoms with van der Waals surface area (Å²) < 4.78 is 33.1. The number of fused-ring (bicyclic) bond motifs is 2. The van der Waals surface area contributed by atoms with Gasteiger partial charge in [-0.25, -0.2) is 8.78 Å². The van der Waals surface area contributed by atoms with Crippen LogP contribution in [-0.2, 0) is 19.5 Å². The molecule has 2 nitrogen and oxygen atoms in total. The van der Waals surface area contributed by atoms with Crippen LogP contribution in [0.15, 0.2) is 97.1 Å². The molecule has 6 heteroatoms. The van der Waals surface area contributed by atoms with Crippen molar-refractivity contribution in [1.29, 1.82) is 0 Å². The quantitative estimate of drug-likeness (QED) is 0.0887. The van der Waals surface area contributed by atoms with Gasteiger partial charge in [-0.2, -0.15) is 0 Å². The van der Waals surface area contributed by atoms with E-state index in [9.17, 15) is 8.78 Å². The maximum atomic E-state index is 14.1. The Labute approximate surface area is 268 Å². The lowest BCUT2D eigenvalue weighted by molar-refractivity contribution is 0.627. The predicted molar refractivity (Wildman–Crippen MR) is 184 cm³/mol. The van der Waals surface area contributed by atoms with Crippen molar-refractivity contribution >= 4 is 53.7 Å². The van der Waals surface area contributed by atoms with Gasteiger partial charge >= 0.3 is 0 Å². The molecule has 0 unspecified atom stereocenters. The number of alkyl halides is 2. The highest BCUT2D eigenvalue weighted by molar-refractivity contribution is 9.09. The number of nitrogens with zero attached hydrogens (tertiary/aromatic N) is 2. The smallest absolute Gasteiger partial charge is 0.123 e. The van der Waals surface area contributed by atoms with E-state index < -0.39 is 0 Å². The monoisotopic (exact) mass is 702 g/mol. The number of aryl methyl sites for hydroxylation is 2. The number of benzene rings is 4. The molecule has 6 rings (SSSR count). The third-order valence-corrected chi connectivity index (χ3v) is 9.39. The highest BCUT2D eigenvalue weighted by atomic mass is 79.9. The first-order valence-corrected chi connectivity index (χ1v) is 17.2. The second-order valence-electron chi connectivity index (χ2n) is 11.0. The summed E-state index contributed by atoms with van der Waals surface area (Å²) >= 11 is 7.19. The summed E-state index contributed by atoms with van der Waals surface area (Å²) in [6.45, 7) is 1.75. The molecule has 0 saturated carbocycles. The number of aromatic nitrogens is 2. The molecule has 0 aliphatic heterocycles. The molecular formula is C37H34Br2F2N2. The molecule has 0 radical (unpaired) electrons. The number of rotatable bonds is 12. The summed E-state index contributed by atoms with van der Waals surface area (Å²) in [5.74, 6) is -0.477. The third kappa shape index (κ3) is 6.09. The van der Waals surface area contributed by atoms with E-state index >= 15 is 0 Å². The Balaban J connectivity index is 1.61. The van der Waals surface area contributed by atoms with Gasteiger partial charge < -0.3 is 9.13 Å². The molecule has 0 amide bonds. The molecule has 0 spiro atoms. The van der Waals surface area contributed by atoms with Gasteiger partial charge in [-0.05, 0) is 109 Å². The number of para-hydroxylation sites is 2. The Morgan fingerprint density at radius 3 is 1.28 bits per heavy atom. The maximum Gasteiger partial charge on any atom is 0.123 e. The van der Waals surface area contributed by atoms with Gasteiger partial charge in [0, 0.05) is 52.0 Å². The summed E-state index contributed by atoms with van der Waals surface area (Å²) in [4.78, 5) is 0. The molecule has 0 aliphatic carbocycles. The molecular weight excluding hydrogens is 670 g/mol. The number of hydrogen-bond acceptors (Lipinski definition) is 0. The predicted octanol–water partition coefficient (Wildman–Crippen LogP) is 11.1. The fourth-order valence-corrected chi connectivity index (χ4v) is 7.15. The molecule has 4 aromatic carbocycles. The highest BCUT2D eigenvalue weighted by Crippen LogP contribution is 2.41. The van der Waals surface area contributed by atoms with Gasteiger partial charge in [0.1, 0.15) is 11.6 Å². The number of unbranched alkanes of at least 4 members (excludes halogenated alkanes) is 2. The van der Waals surface area contributed by atoms with Crippen LogP contribution in [0.4, 0.5) is 8.78 Å². The SMILES string of the molecule is Fc1ccc(-c2c(Cc3c(-c4ccc(F)cc4)n(CCCCBr)c4ccccc34)c3ccccc3n2CCCCBr)cc1. The van der Waals surface area contributed by atoms with Crippen LogP contribution in [0.5, 0.6) is 0 Å². The van der Waals surface area contributed by atoms with Crippen molar-refractivity contribution in [3.05, 3.63) is 120 Å². The lowest BCUT2D eigenvalue weighted by Crippen LogP contribution is -2.04. The van der Waals surface area contributed by atoms with Gasteiger partial charge in [-0.3, -0.25) is 0 Å². The Hall–Kier alpha value is -3.22. The lowest BCUT2D eigenvalue weighted by atomic mass is 9.94. The normalized spacial score (nSPS) is 11.6. The number of hydrogen-bond donors (Lipinski definition) is 0. The Kier molecular flexibility index (Phi) is 9.44. The fraction of sp³-hybridized carbons (Fsp3) is 0.243. The Bertz CT molecular complexity index is 1700. The van der Waals surface area contributed by atoms with Crippen molar-refractivity contribution in [3.8, 4) is 22.5 Å². The Morgan fingerprint density at radius 1 is 0.488 bits per heavy atom. The highest BCUT2D eigenvalue weighted by Gasteiger charge is 2.24. The molecule has 6 aromatic rings. The van der Waals surface area contributed by atoms with Crippen molar-refractivity contribution in [1.82, 2.24) is 9.13 Å². The number of halogens is 4. The summed E-state index contributed by atoms with van der Waals surface area (Å²) in [5, 5.41) is 4.34. The van der Waals surface area contributed by atoms with Crippen molar-refractivity contribution in [2.24, 2.45) is 0 Å². The zero-order valence-corrected chi connectivity index (χ0v) is 27.2. The van der Waals surface area contributed by atoms with Crippen molar-refractivity contribution in [2.45, 2.75) is 45.2 Å². The topological polar surface area (TPSA) is 9.86 Å². The molecule has 0 fully saturated rings. The Morgan fingerprint density at radius 2 is 0.884 bits per heavy atom. The van der Waals surface area contributed by atoms with Gasteiger partial charge in [-0.1, -0.05) is 68.3 Å². The summed E-state index contributed by atoms with van der Waals surface area (Å²) in [6.07, 6.45) is 4.90. The molecule has 2 aromatic heterocycles. The second-order valence-corrected chi connectivity index (χ2v) is 12.6. The van der Waals surface area contributed by atoms with Crippen LogP contribution in [0.3, 0.4) is 0 Å². The third-order valence-electron chi connectivity index (χ3n) is 8.27. The lowest BCUT2D eigenvalue weighted by Gasteiger charge is -2.15. The van der Waals surface area contributed by atoms with Crippen LogP contribution < -0.4 is 0 Å². The van der Waals surface area contributed by atoms with Crippen molar-refractivity contribution in [3.63, 3.8) is 0 Å². The average molecular weight is 704 g/mol. The van der Waals surface area contributed by atoms with Gasteiger partial charge in [0.05, 0.1) is 11.4 Å². The minimum absolute atomic E-state index is 0.239. The summed E-state index contributed by atoms with van der Waals surface area (Å²) in [6, 6.07) is 31.1. The average Bonchev–Trinajstić information content (AvgIpc) is 3.51. The minimum Gasteiger partial charge on any atom is -0.340 e. The second kappa shape index (κ2) is 13.6. The molecule has 220 valence electrons. The van der Waals surface area contributed by atoms with Crippen LogP contribution in [0, 0.1) is 11.6 Å². The zero-order chi connectivity index (χ0) is 29.8. The first-order valence-electron chi connectivity index (χ1n) is 14.9. The van der Waals surface area contributed by atoms with Crippen molar-refractivity contribution in [2.75, 3.05) is 10.7 Å². The largest absolute Gasteiger partial charge is 0.340 e. The van der Waals surface area contributed by atoms with Crippen LogP contribution in [0.25, 0.3) is 44.3 Å². The minimum atomic E-state index is -0.239. The molecule has 0 aliphatic rings. The summed E-state index contributed by atoms with van der Waals surface area (Å²) in [7, 11) is 0. The van der Waals surface area contributed by atoms with E-state index in [1.165, 1.54) is 32.9 Å². The van der Waals surface area contributed by atoms with E-state index in [1.807, 2.05) is 24.3 Å². The van der Waals surface area contributed by atoms with Gasteiger partial charge in [0.25, 0.3) is 0 Å². The van der Waals surface area contributed by atoms with Gasteiger partial charge in [0.15, 0.2) is 0 Å². The van der Waals surface area contributed by atoms with Gasteiger partial charge in [0.2, 0.25) is 0 Å².